The van der Waals surface area contributed by atoms with Crippen LogP contribution in [0.3, 0.4) is 0 Å². The highest BCUT2D eigenvalue weighted by Crippen LogP contribution is 2.37. The number of rotatable bonds is 7. The number of hydrogen-bond donors (Lipinski definition) is 2. The Kier molecular flexibility index (Phi) is 5.48. The van der Waals surface area contributed by atoms with E-state index in [9.17, 15) is 14.7 Å². The van der Waals surface area contributed by atoms with Crippen LogP contribution in [0.5, 0.6) is 0 Å². The highest BCUT2D eigenvalue weighted by atomic mass is 16.3. The molecule has 0 aromatic heterocycles. The predicted octanol–water partition coefficient (Wildman–Crippen LogP) is 2.22. The van der Waals surface area contributed by atoms with E-state index in [4.69, 9.17) is 0 Å². The number of carbonyl (C=O) groups is 2. The lowest BCUT2D eigenvalue weighted by Gasteiger charge is -2.39. The Morgan fingerprint density at radius 3 is 2.00 bits per heavy atom. The molecule has 24 heavy (non-hydrogen) atoms. The summed E-state index contributed by atoms with van der Waals surface area (Å²) in [7, 11) is 0. The Labute approximate surface area is 145 Å². The monoisotopic (exact) mass is 336 g/mol. The van der Waals surface area contributed by atoms with E-state index in [1.54, 1.807) is 6.92 Å². The molecule has 2 atom stereocenters. The number of hydrogen-bond acceptors (Lipinski definition) is 3. The summed E-state index contributed by atoms with van der Waals surface area (Å²) in [6.45, 7) is 3.85. The first kappa shape index (κ1) is 17.7. The van der Waals surface area contributed by atoms with Gasteiger partial charge < -0.3 is 15.3 Å². The number of carbonyl (C=O) groups excluding carboxylic acids is 2. The van der Waals surface area contributed by atoms with Gasteiger partial charge in [-0.3, -0.25) is 9.59 Å². The van der Waals surface area contributed by atoms with Gasteiger partial charge in [0.05, 0.1) is 6.10 Å². The van der Waals surface area contributed by atoms with Crippen molar-refractivity contribution in [3.8, 4) is 0 Å². The van der Waals surface area contributed by atoms with E-state index >= 15 is 0 Å². The molecule has 0 bridgehead atoms. The quantitative estimate of drug-likeness (QED) is 0.749. The van der Waals surface area contributed by atoms with Crippen molar-refractivity contribution in [2.45, 2.75) is 95.9 Å². The summed E-state index contributed by atoms with van der Waals surface area (Å²) in [5, 5.41) is 12.9. The summed E-state index contributed by atoms with van der Waals surface area (Å²) < 4.78 is 0. The third-order valence-electron chi connectivity index (χ3n) is 5.98. The third-order valence-corrected chi connectivity index (χ3v) is 5.98. The maximum Gasteiger partial charge on any atom is 0.248 e. The highest BCUT2D eigenvalue weighted by Gasteiger charge is 2.43. The molecule has 3 aliphatic rings. The van der Waals surface area contributed by atoms with Crippen molar-refractivity contribution in [1.29, 1.82) is 0 Å². The molecule has 3 saturated carbocycles. The van der Waals surface area contributed by atoms with Gasteiger partial charge in [-0.25, -0.2) is 0 Å². The first-order chi connectivity index (χ1) is 11.5. The van der Waals surface area contributed by atoms with E-state index < -0.39 is 12.1 Å². The lowest BCUT2D eigenvalue weighted by molar-refractivity contribution is -0.143. The van der Waals surface area contributed by atoms with E-state index in [1.807, 2.05) is 4.90 Å². The Bertz CT molecular complexity index is 463. The van der Waals surface area contributed by atoms with Crippen LogP contribution in [0, 0.1) is 11.8 Å². The predicted molar refractivity (Wildman–Crippen MR) is 92.2 cm³/mol. The van der Waals surface area contributed by atoms with Gasteiger partial charge in [0, 0.05) is 18.0 Å². The summed E-state index contributed by atoms with van der Waals surface area (Å²) in [5.41, 5.74) is 0. The van der Waals surface area contributed by atoms with Gasteiger partial charge in [0.1, 0.15) is 6.04 Å². The summed E-state index contributed by atoms with van der Waals surface area (Å²) in [4.78, 5) is 27.3. The second-order valence-corrected chi connectivity index (χ2v) is 8.06. The van der Waals surface area contributed by atoms with Gasteiger partial charge in [0.15, 0.2) is 0 Å². The molecule has 3 rings (SSSR count). The van der Waals surface area contributed by atoms with Gasteiger partial charge in [0.2, 0.25) is 11.8 Å². The molecular formula is C19H32N2O3. The van der Waals surface area contributed by atoms with Gasteiger partial charge in [-0.05, 0) is 64.2 Å². The summed E-state index contributed by atoms with van der Waals surface area (Å²) >= 11 is 0. The van der Waals surface area contributed by atoms with Gasteiger partial charge in [-0.1, -0.05) is 13.3 Å². The molecule has 5 heteroatoms. The molecule has 0 aliphatic heterocycles. The molecule has 3 fully saturated rings. The molecule has 3 aliphatic carbocycles. The molecule has 0 aromatic rings. The molecule has 0 saturated heterocycles. The molecular weight excluding hydrogens is 304 g/mol. The molecule has 136 valence electrons. The third kappa shape index (κ3) is 4.11. The molecule has 2 unspecified atom stereocenters. The number of aliphatic hydroxyl groups excluding tert-OH is 1. The van der Waals surface area contributed by atoms with Crippen LogP contribution in [0.25, 0.3) is 0 Å². The number of nitrogens with zero attached hydrogens (tertiary/aromatic N) is 1. The fraction of sp³-hybridized carbons (Fsp3) is 0.895. The lowest BCUT2D eigenvalue weighted by atomic mass is 9.83. The molecule has 2 N–H and O–H groups in total. The zero-order chi connectivity index (χ0) is 17.3. The number of nitrogens with one attached hydrogen (secondary N) is 1. The van der Waals surface area contributed by atoms with E-state index in [1.165, 1.54) is 19.3 Å². The van der Waals surface area contributed by atoms with E-state index in [2.05, 4.69) is 12.2 Å². The van der Waals surface area contributed by atoms with Crippen molar-refractivity contribution in [1.82, 2.24) is 10.2 Å². The van der Waals surface area contributed by atoms with Gasteiger partial charge in [-0.15, -0.1) is 0 Å². The normalized spacial score (nSPS) is 29.6. The van der Waals surface area contributed by atoms with Crippen LogP contribution in [-0.4, -0.2) is 46.1 Å². The topological polar surface area (TPSA) is 69.6 Å². The van der Waals surface area contributed by atoms with E-state index in [0.717, 1.165) is 44.4 Å². The van der Waals surface area contributed by atoms with Crippen LogP contribution in [0.15, 0.2) is 0 Å². The average Bonchev–Trinajstić information content (AvgIpc) is 3.45. The van der Waals surface area contributed by atoms with E-state index in [0.29, 0.717) is 6.04 Å². The first-order valence-corrected chi connectivity index (χ1v) is 9.81. The maximum atomic E-state index is 13.1. The maximum absolute atomic E-state index is 13.1. The molecule has 2 amide bonds. The second kappa shape index (κ2) is 7.42. The largest absolute Gasteiger partial charge is 0.391 e. The Morgan fingerprint density at radius 1 is 1.04 bits per heavy atom. The van der Waals surface area contributed by atoms with Gasteiger partial charge in [-0.2, -0.15) is 0 Å². The van der Waals surface area contributed by atoms with Crippen molar-refractivity contribution in [3.63, 3.8) is 0 Å². The zero-order valence-electron chi connectivity index (χ0n) is 15.0. The first-order valence-electron chi connectivity index (χ1n) is 9.81. The van der Waals surface area contributed by atoms with Crippen molar-refractivity contribution in [3.05, 3.63) is 0 Å². The van der Waals surface area contributed by atoms with Crippen LogP contribution in [0.2, 0.25) is 0 Å². The fourth-order valence-electron chi connectivity index (χ4n) is 4.01. The molecule has 0 aromatic carbocycles. The Morgan fingerprint density at radius 2 is 1.58 bits per heavy atom. The number of amides is 2. The van der Waals surface area contributed by atoms with Crippen LogP contribution in [0.1, 0.15) is 71.6 Å². The minimum Gasteiger partial charge on any atom is -0.391 e. The average molecular weight is 336 g/mol. The van der Waals surface area contributed by atoms with Crippen molar-refractivity contribution >= 4 is 11.8 Å². The van der Waals surface area contributed by atoms with Crippen LogP contribution in [0.4, 0.5) is 0 Å². The summed E-state index contributed by atoms with van der Waals surface area (Å²) in [6, 6.07) is -0.186. The molecule has 0 heterocycles. The minimum absolute atomic E-state index is 0.0495. The smallest absolute Gasteiger partial charge is 0.248 e. The van der Waals surface area contributed by atoms with Crippen LogP contribution < -0.4 is 5.32 Å². The van der Waals surface area contributed by atoms with Crippen molar-refractivity contribution in [2.75, 3.05) is 0 Å². The molecule has 0 spiro atoms. The second-order valence-electron chi connectivity index (χ2n) is 8.06. The zero-order valence-corrected chi connectivity index (χ0v) is 15.0. The lowest BCUT2D eigenvalue weighted by Crippen LogP contribution is -2.57. The summed E-state index contributed by atoms with van der Waals surface area (Å²) in [6.07, 6.45) is 8.78. The Balaban J connectivity index is 1.66. The standard InChI is InChI=1S/C19H32N2O3/c1-3-13-4-8-15(9-5-13)21(16-10-11-16)19(24)17(12(2)22)20-18(23)14-6-7-14/h12-17,22H,3-11H2,1-2H3,(H,20,23). The van der Waals surface area contributed by atoms with Crippen LogP contribution in [-0.2, 0) is 9.59 Å². The minimum atomic E-state index is -0.853. The van der Waals surface area contributed by atoms with Crippen LogP contribution >= 0.6 is 0 Å². The van der Waals surface area contributed by atoms with Crippen molar-refractivity contribution < 1.29 is 14.7 Å². The van der Waals surface area contributed by atoms with Gasteiger partial charge in [0.25, 0.3) is 0 Å². The summed E-state index contributed by atoms with van der Waals surface area (Å²) in [5.74, 6) is 0.703. The Hall–Kier alpha value is -1.10. The molecule has 0 radical (unpaired) electrons. The van der Waals surface area contributed by atoms with E-state index in [-0.39, 0.29) is 23.8 Å². The van der Waals surface area contributed by atoms with Gasteiger partial charge >= 0.3 is 0 Å². The SMILES string of the molecule is CCC1CCC(N(C(=O)C(NC(=O)C2CC2)C(C)O)C2CC2)CC1. The number of aliphatic hydroxyl groups is 1. The van der Waals surface area contributed by atoms with Crippen molar-refractivity contribution in [2.24, 2.45) is 11.8 Å². The highest BCUT2D eigenvalue weighted by molar-refractivity contribution is 5.90. The fourth-order valence-corrected chi connectivity index (χ4v) is 4.01. The molecule has 5 nitrogen and oxygen atoms in total.